The summed E-state index contributed by atoms with van der Waals surface area (Å²) in [6.07, 6.45) is 8.33. The first-order valence-electron chi connectivity index (χ1n) is 10.3. The number of nitrogens with one attached hydrogen (secondary N) is 1. The number of nitrogens with zero attached hydrogens (tertiary/aromatic N) is 4. The molecule has 0 bridgehead atoms. The fourth-order valence-electron chi connectivity index (χ4n) is 3.66. The maximum Gasteiger partial charge on any atom is 0.304 e. The minimum atomic E-state index is -0.857. The maximum atomic E-state index is 11.4. The molecule has 7 nitrogen and oxygen atoms in total. The molecule has 0 aliphatic carbocycles. The first kappa shape index (κ1) is 20.4. The highest BCUT2D eigenvalue weighted by Gasteiger charge is 2.22. The third-order valence-electron chi connectivity index (χ3n) is 5.27. The number of hydrogen-bond donors (Lipinski definition) is 2. The lowest BCUT2D eigenvalue weighted by atomic mass is 9.99. The summed E-state index contributed by atoms with van der Waals surface area (Å²) in [4.78, 5) is 29.3. The molecule has 0 spiro atoms. The Balaban J connectivity index is 1.40. The summed E-state index contributed by atoms with van der Waals surface area (Å²) in [5.74, 6) is 0.518. The molecule has 0 amide bonds. The molecular weight excluding hydrogens is 398 g/mol. The van der Waals surface area contributed by atoms with E-state index in [2.05, 4.69) is 27.4 Å². The van der Waals surface area contributed by atoms with Gasteiger partial charge in [0.25, 0.3) is 0 Å². The van der Waals surface area contributed by atoms with Crippen molar-refractivity contribution in [2.24, 2.45) is 0 Å². The van der Waals surface area contributed by atoms with E-state index < -0.39 is 5.97 Å². The molecule has 8 heteroatoms. The molecule has 4 heterocycles. The van der Waals surface area contributed by atoms with Crippen LogP contribution in [-0.4, -0.2) is 37.6 Å². The Morgan fingerprint density at radius 3 is 2.80 bits per heavy atom. The normalized spacial score (nSPS) is 14.0. The lowest BCUT2D eigenvalue weighted by molar-refractivity contribution is -0.137. The Hall–Kier alpha value is -2.87. The Morgan fingerprint density at radius 1 is 1.20 bits per heavy atom. The molecule has 3 aromatic rings. The number of aliphatic carboxylic acids is 1. The fraction of sp³-hybridized carbons (Fsp3) is 0.409. The van der Waals surface area contributed by atoms with Gasteiger partial charge in [-0.15, -0.1) is 11.3 Å². The first-order valence-corrected chi connectivity index (χ1v) is 11.1. The Bertz CT molecular complexity index is 1020. The van der Waals surface area contributed by atoms with Gasteiger partial charge in [0.15, 0.2) is 0 Å². The van der Waals surface area contributed by atoms with Crippen LogP contribution < -0.4 is 5.32 Å². The molecule has 0 saturated carbocycles. The Morgan fingerprint density at radius 2 is 2.00 bits per heavy atom. The molecule has 1 atom stereocenters. The smallest absolute Gasteiger partial charge is 0.304 e. The zero-order valence-corrected chi connectivity index (χ0v) is 17.8. The van der Waals surface area contributed by atoms with E-state index in [0.717, 1.165) is 66.4 Å². The van der Waals surface area contributed by atoms with Gasteiger partial charge < -0.3 is 10.4 Å². The van der Waals surface area contributed by atoms with E-state index >= 15 is 0 Å². The second-order valence-corrected chi connectivity index (χ2v) is 8.48. The Kier molecular flexibility index (Phi) is 6.32. The molecule has 1 aliphatic heterocycles. The fourth-order valence-corrected chi connectivity index (χ4v) is 4.64. The van der Waals surface area contributed by atoms with Crippen LogP contribution in [0.5, 0.6) is 0 Å². The molecule has 0 saturated heterocycles. The minimum Gasteiger partial charge on any atom is -0.481 e. The molecule has 0 unspecified atom stereocenters. The third kappa shape index (κ3) is 4.99. The zero-order chi connectivity index (χ0) is 20.9. The van der Waals surface area contributed by atoms with Crippen molar-refractivity contribution in [3.05, 3.63) is 63.3 Å². The van der Waals surface area contributed by atoms with Crippen LogP contribution in [0.1, 0.15) is 58.5 Å². The monoisotopic (exact) mass is 423 g/mol. The number of thiazole rings is 1. The van der Waals surface area contributed by atoms with Crippen LogP contribution in [0, 0.1) is 6.92 Å². The number of anilines is 1. The van der Waals surface area contributed by atoms with Gasteiger partial charge in [-0.25, -0.2) is 19.9 Å². The number of fused-ring (bicyclic) bond motifs is 1. The van der Waals surface area contributed by atoms with Gasteiger partial charge in [-0.05, 0) is 56.2 Å². The number of aromatic nitrogens is 4. The van der Waals surface area contributed by atoms with Crippen LogP contribution in [0.25, 0.3) is 0 Å². The molecule has 0 fully saturated rings. The standard InChI is InChI=1S/C22H25N5O2S/c1-14-24-11-16(12-25-14)19(10-20(28)29)22-27-18(13-30-22)6-2-5-17-8-7-15-4-3-9-23-21(15)26-17/h7-8,11-13,19H,2-6,9-10H2,1H3,(H,23,26)(H,28,29)/t19-/m1/s1. The number of carboxylic acid groups (broad SMARTS) is 1. The molecule has 4 rings (SSSR count). The summed E-state index contributed by atoms with van der Waals surface area (Å²) in [5, 5.41) is 15.6. The maximum absolute atomic E-state index is 11.4. The van der Waals surface area contributed by atoms with Gasteiger partial charge in [-0.3, -0.25) is 4.79 Å². The second kappa shape index (κ2) is 9.30. The topological polar surface area (TPSA) is 101 Å². The molecule has 30 heavy (non-hydrogen) atoms. The number of pyridine rings is 1. The average molecular weight is 424 g/mol. The molecular formula is C22H25N5O2S. The molecule has 2 N–H and O–H groups in total. The van der Waals surface area contributed by atoms with E-state index in [-0.39, 0.29) is 12.3 Å². The van der Waals surface area contributed by atoms with Crippen LogP contribution in [0.4, 0.5) is 5.82 Å². The van der Waals surface area contributed by atoms with Gasteiger partial charge in [0.1, 0.15) is 16.6 Å². The molecule has 0 radical (unpaired) electrons. The number of hydrogen-bond acceptors (Lipinski definition) is 7. The van der Waals surface area contributed by atoms with Gasteiger partial charge in [0.2, 0.25) is 0 Å². The van der Waals surface area contributed by atoms with Crippen molar-refractivity contribution >= 4 is 23.1 Å². The van der Waals surface area contributed by atoms with Gasteiger partial charge in [-0.1, -0.05) is 6.07 Å². The lowest BCUT2D eigenvalue weighted by Crippen LogP contribution is -2.14. The summed E-state index contributed by atoms with van der Waals surface area (Å²) < 4.78 is 0. The van der Waals surface area contributed by atoms with E-state index in [1.807, 2.05) is 12.3 Å². The van der Waals surface area contributed by atoms with Gasteiger partial charge in [0, 0.05) is 35.9 Å². The molecule has 156 valence electrons. The molecule has 1 aliphatic rings. The van der Waals surface area contributed by atoms with Crippen LogP contribution in [0.2, 0.25) is 0 Å². The largest absolute Gasteiger partial charge is 0.481 e. The van der Waals surface area contributed by atoms with Gasteiger partial charge in [-0.2, -0.15) is 0 Å². The van der Waals surface area contributed by atoms with Gasteiger partial charge >= 0.3 is 5.97 Å². The quantitative estimate of drug-likeness (QED) is 0.569. The number of rotatable bonds is 8. The van der Waals surface area contributed by atoms with Crippen molar-refractivity contribution in [3.63, 3.8) is 0 Å². The average Bonchev–Trinajstić information content (AvgIpc) is 3.21. The summed E-state index contributed by atoms with van der Waals surface area (Å²) in [7, 11) is 0. The van der Waals surface area contributed by atoms with E-state index in [4.69, 9.17) is 9.97 Å². The predicted octanol–water partition coefficient (Wildman–Crippen LogP) is 3.78. The van der Waals surface area contributed by atoms with Crippen LogP contribution in [0.3, 0.4) is 0 Å². The Labute approximate surface area is 179 Å². The highest BCUT2D eigenvalue weighted by Crippen LogP contribution is 2.30. The van der Waals surface area contributed by atoms with Crippen molar-refractivity contribution in [3.8, 4) is 0 Å². The van der Waals surface area contributed by atoms with E-state index in [1.54, 1.807) is 12.4 Å². The van der Waals surface area contributed by atoms with Crippen molar-refractivity contribution in [1.29, 1.82) is 0 Å². The highest BCUT2D eigenvalue weighted by atomic mass is 32.1. The van der Waals surface area contributed by atoms with Crippen LogP contribution in [-0.2, 0) is 24.1 Å². The lowest BCUT2D eigenvalue weighted by Gasteiger charge is -2.17. The van der Waals surface area contributed by atoms with Gasteiger partial charge in [0.05, 0.1) is 12.1 Å². The van der Waals surface area contributed by atoms with Crippen LogP contribution >= 0.6 is 11.3 Å². The SMILES string of the molecule is Cc1ncc([C@@H](CC(=O)O)c2nc(CCCc3ccc4c(n3)NCCC4)cs2)cn1. The summed E-state index contributed by atoms with van der Waals surface area (Å²) >= 11 is 1.51. The minimum absolute atomic E-state index is 0.0224. The summed E-state index contributed by atoms with van der Waals surface area (Å²) in [5.41, 5.74) is 4.18. The highest BCUT2D eigenvalue weighted by molar-refractivity contribution is 7.09. The van der Waals surface area contributed by atoms with E-state index in [1.165, 1.54) is 16.9 Å². The predicted molar refractivity (Wildman–Crippen MR) is 116 cm³/mol. The molecule has 3 aromatic heterocycles. The molecule has 0 aromatic carbocycles. The van der Waals surface area contributed by atoms with E-state index in [9.17, 15) is 9.90 Å². The first-order chi connectivity index (χ1) is 14.6. The summed E-state index contributed by atoms with van der Waals surface area (Å²) in [6, 6.07) is 4.31. The number of carboxylic acids is 1. The van der Waals surface area contributed by atoms with E-state index in [0.29, 0.717) is 5.82 Å². The number of aryl methyl sites for hydroxylation is 4. The second-order valence-electron chi connectivity index (χ2n) is 7.59. The van der Waals surface area contributed by atoms with Crippen molar-refractivity contribution < 1.29 is 9.90 Å². The zero-order valence-electron chi connectivity index (χ0n) is 17.0. The summed E-state index contributed by atoms with van der Waals surface area (Å²) in [6.45, 7) is 2.81. The van der Waals surface area contributed by atoms with Crippen molar-refractivity contribution in [2.45, 2.75) is 51.4 Å². The van der Waals surface area contributed by atoms with Crippen LogP contribution in [0.15, 0.2) is 29.9 Å². The number of carbonyl (C=O) groups is 1. The third-order valence-corrected chi connectivity index (χ3v) is 6.27. The van der Waals surface area contributed by atoms with Crippen molar-refractivity contribution in [2.75, 3.05) is 11.9 Å². The van der Waals surface area contributed by atoms with Crippen molar-refractivity contribution in [1.82, 2.24) is 19.9 Å².